The summed E-state index contributed by atoms with van der Waals surface area (Å²) in [6, 6.07) is 2.73. The lowest BCUT2D eigenvalue weighted by Gasteiger charge is -2.19. The van der Waals surface area contributed by atoms with E-state index in [-0.39, 0.29) is 24.1 Å². The number of benzene rings is 1. The average Bonchev–Trinajstić information content (AvgIpc) is 2.76. The van der Waals surface area contributed by atoms with E-state index in [2.05, 4.69) is 5.32 Å². The van der Waals surface area contributed by atoms with Crippen molar-refractivity contribution in [1.29, 1.82) is 0 Å². The quantitative estimate of drug-likeness (QED) is 0.866. The van der Waals surface area contributed by atoms with E-state index in [1.807, 2.05) is 0 Å². The number of aliphatic hydroxyl groups excluding tert-OH is 1. The van der Waals surface area contributed by atoms with Crippen molar-refractivity contribution in [1.82, 2.24) is 5.32 Å². The van der Waals surface area contributed by atoms with Gasteiger partial charge >= 0.3 is 0 Å². The van der Waals surface area contributed by atoms with E-state index in [9.17, 15) is 13.6 Å². The maximum atomic E-state index is 13.4. The zero-order chi connectivity index (χ0) is 13.1. The highest BCUT2D eigenvalue weighted by atomic mass is 19.1. The molecule has 2 unspecified atom stereocenters. The molecule has 1 aromatic carbocycles. The van der Waals surface area contributed by atoms with Crippen LogP contribution in [0.5, 0.6) is 0 Å². The lowest BCUT2D eigenvalue weighted by Crippen LogP contribution is -2.38. The van der Waals surface area contributed by atoms with Crippen molar-refractivity contribution in [2.75, 3.05) is 6.61 Å². The van der Waals surface area contributed by atoms with Crippen molar-refractivity contribution < 1.29 is 18.7 Å². The van der Waals surface area contributed by atoms with Crippen LogP contribution in [0.4, 0.5) is 8.78 Å². The van der Waals surface area contributed by atoms with Crippen LogP contribution in [0.2, 0.25) is 0 Å². The van der Waals surface area contributed by atoms with Crippen molar-refractivity contribution in [3.05, 3.63) is 35.4 Å². The third-order valence-corrected chi connectivity index (χ3v) is 3.39. The zero-order valence-electron chi connectivity index (χ0n) is 9.83. The van der Waals surface area contributed by atoms with Gasteiger partial charge in [-0.1, -0.05) is 6.42 Å². The van der Waals surface area contributed by atoms with E-state index in [1.165, 1.54) is 0 Å². The fourth-order valence-corrected chi connectivity index (χ4v) is 2.37. The molecule has 1 aliphatic carbocycles. The molecule has 0 radical (unpaired) electrons. The number of hydrogen-bond acceptors (Lipinski definition) is 2. The Hall–Kier alpha value is -1.49. The summed E-state index contributed by atoms with van der Waals surface area (Å²) in [6.45, 7) is 0.0108. The molecule has 98 valence electrons. The SMILES string of the molecule is O=C(NC1CCCC1CO)c1ccc(F)cc1F. The van der Waals surface area contributed by atoms with E-state index < -0.39 is 17.5 Å². The van der Waals surface area contributed by atoms with E-state index in [0.717, 1.165) is 31.4 Å². The molecule has 1 amide bonds. The molecule has 0 bridgehead atoms. The van der Waals surface area contributed by atoms with Crippen LogP contribution in [0.15, 0.2) is 18.2 Å². The molecule has 2 N–H and O–H groups in total. The van der Waals surface area contributed by atoms with Gasteiger partial charge in [0.05, 0.1) is 5.56 Å². The maximum absolute atomic E-state index is 13.4. The molecular formula is C13H15F2NO2. The van der Waals surface area contributed by atoms with Crippen LogP contribution in [-0.2, 0) is 0 Å². The molecule has 1 saturated carbocycles. The van der Waals surface area contributed by atoms with Crippen LogP contribution < -0.4 is 5.32 Å². The van der Waals surface area contributed by atoms with Gasteiger partial charge in [0.25, 0.3) is 5.91 Å². The number of carbonyl (C=O) groups excluding carboxylic acids is 1. The molecule has 18 heavy (non-hydrogen) atoms. The van der Waals surface area contributed by atoms with Gasteiger partial charge in [0.15, 0.2) is 0 Å². The molecular weight excluding hydrogens is 240 g/mol. The lowest BCUT2D eigenvalue weighted by atomic mass is 10.0. The van der Waals surface area contributed by atoms with Gasteiger partial charge in [-0.05, 0) is 25.0 Å². The number of rotatable bonds is 3. The minimum absolute atomic E-state index is 0.0108. The normalized spacial score (nSPS) is 23.1. The van der Waals surface area contributed by atoms with Gasteiger partial charge in [0.1, 0.15) is 11.6 Å². The third kappa shape index (κ3) is 2.67. The fraction of sp³-hybridized carbons (Fsp3) is 0.462. The molecule has 0 aromatic heterocycles. The summed E-state index contributed by atoms with van der Waals surface area (Å²) in [5.41, 5.74) is -0.167. The first-order valence-corrected chi connectivity index (χ1v) is 5.98. The molecule has 5 heteroatoms. The summed E-state index contributed by atoms with van der Waals surface area (Å²) < 4.78 is 26.1. The molecule has 1 fully saturated rings. The first kappa shape index (κ1) is 13.0. The third-order valence-electron chi connectivity index (χ3n) is 3.39. The summed E-state index contributed by atoms with van der Waals surface area (Å²) in [5.74, 6) is -2.11. The topological polar surface area (TPSA) is 49.3 Å². The molecule has 0 saturated heterocycles. The van der Waals surface area contributed by atoms with Crippen molar-refractivity contribution in [3.63, 3.8) is 0 Å². The van der Waals surface area contributed by atoms with E-state index >= 15 is 0 Å². The standard InChI is InChI=1S/C13H15F2NO2/c14-9-4-5-10(11(15)6-9)13(18)16-12-3-1-2-8(12)7-17/h4-6,8,12,17H,1-3,7H2,(H,16,18). The zero-order valence-corrected chi connectivity index (χ0v) is 9.83. The summed E-state index contributed by atoms with van der Waals surface area (Å²) >= 11 is 0. The Bertz CT molecular complexity index is 451. The summed E-state index contributed by atoms with van der Waals surface area (Å²) in [7, 11) is 0. The predicted molar refractivity (Wildman–Crippen MR) is 62.0 cm³/mol. The highest BCUT2D eigenvalue weighted by Gasteiger charge is 2.28. The van der Waals surface area contributed by atoms with Crippen molar-refractivity contribution >= 4 is 5.91 Å². The van der Waals surface area contributed by atoms with Gasteiger partial charge in [-0.25, -0.2) is 8.78 Å². The Labute approximate surface area is 104 Å². The smallest absolute Gasteiger partial charge is 0.254 e. The fourth-order valence-electron chi connectivity index (χ4n) is 2.37. The second-order valence-corrected chi connectivity index (χ2v) is 4.58. The monoisotopic (exact) mass is 255 g/mol. The Kier molecular flexibility index (Phi) is 3.91. The van der Waals surface area contributed by atoms with Crippen molar-refractivity contribution in [3.8, 4) is 0 Å². The number of carbonyl (C=O) groups is 1. The van der Waals surface area contributed by atoms with Gasteiger partial charge in [-0.15, -0.1) is 0 Å². The van der Waals surface area contributed by atoms with Crippen LogP contribution in [0.1, 0.15) is 29.6 Å². The maximum Gasteiger partial charge on any atom is 0.254 e. The predicted octanol–water partition coefficient (Wildman–Crippen LogP) is 1.86. The summed E-state index contributed by atoms with van der Waals surface area (Å²) in [4.78, 5) is 11.8. The first-order chi connectivity index (χ1) is 8.61. The summed E-state index contributed by atoms with van der Waals surface area (Å²) in [5, 5.41) is 11.8. The Morgan fingerprint density at radius 2 is 2.17 bits per heavy atom. The number of aliphatic hydroxyl groups is 1. The number of hydrogen-bond donors (Lipinski definition) is 2. The second kappa shape index (κ2) is 5.44. The van der Waals surface area contributed by atoms with Crippen LogP contribution in [0, 0.1) is 17.6 Å². The Morgan fingerprint density at radius 1 is 1.39 bits per heavy atom. The second-order valence-electron chi connectivity index (χ2n) is 4.58. The van der Waals surface area contributed by atoms with E-state index in [4.69, 9.17) is 5.11 Å². The Morgan fingerprint density at radius 3 is 2.83 bits per heavy atom. The molecule has 2 atom stereocenters. The van der Waals surface area contributed by atoms with Gasteiger partial charge in [0.2, 0.25) is 0 Å². The summed E-state index contributed by atoms with van der Waals surface area (Å²) in [6.07, 6.45) is 2.56. The largest absolute Gasteiger partial charge is 0.396 e. The van der Waals surface area contributed by atoms with E-state index in [1.54, 1.807) is 0 Å². The van der Waals surface area contributed by atoms with Crippen LogP contribution in [0.25, 0.3) is 0 Å². The van der Waals surface area contributed by atoms with Crippen molar-refractivity contribution in [2.45, 2.75) is 25.3 Å². The van der Waals surface area contributed by atoms with Crippen LogP contribution in [0.3, 0.4) is 0 Å². The molecule has 0 heterocycles. The molecule has 0 spiro atoms. The minimum Gasteiger partial charge on any atom is -0.396 e. The van der Waals surface area contributed by atoms with E-state index in [0.29, 0.717) is 6.07 Å². The molecule has 0 aliphatic heterocycles. The lowest BCUT2D eigenvalue weighted by molar-refractivity contribution is 0.0912. The van der Waals surface area contributed by atoms with Gasteiger partial charge in [-0.2, -0.15) is 0 Å². The molecule has 1 aliphatic rings. The Balaban J connectivity index is 2.07. The molecule has 2 rings (SSSR count). The van der Waals surface area contributed by atoms with Gasteiger partial charge < -0.3 is 10.4 Å². The number of amides is 1. The molecule has 3 nitrogen and oxygen atoms in total. The average molecular weight is 255 g/mol. The minimum atomic E-state index is -0.869. The highest BCUT2D eigenvalue weighted by Crippen LogP contribution is 2.25. The van der Waals surface area contributed by atoms with Crippen LogP contribution in [-0.4, -0.2) is 23.7 Å². The number of nitrogens with one attached hydrogen (secondary N) is 1. The van der Waals surface area contributed by atoms with Gasteiger partial charge in [-0.3, -0.25) is 4.79 Å². The molecule has 1 aromatic rings. The van der Waals surface area contributed by atoms with Crippen molar-refractivity contribution in [2.24, 2.45) is 5.92 Å². The van der Waals surface area contributed by atoms with Gasteiger partial charge in [0, 0.05) is 24.6 Å². The number of halogens is 2. The van der Waals surface area contributed by atoms with Crippen LogP contribution >= 0.6 is 0 Å². The highest BCUT2D eigenvalue weighted by molar-refractivity contribution is 5.94. The first-order valence-electron chi connectivity index (χ1n) is 5.98.